The summed E-state index contributed by atoms with van der Waals surface area (Å²) in [6, 6.07) is 0.390. The second kappa shape index (κ2) is 4.74. The van der Waals surface area contributed by atoms with Gasteiger partial charge in [-0.15, -0.1) is 0 Å². The molecule has 1 aliphatic heterocycles. The van der Waals surface area contributed by atoms with Gasteiger partial charge in [-0.3, -0.25) is 4.79 Å². The number of carbonyl (C=O) groups is 1. The first-order chi connectivity index (χ1) is 7.20. The second-order valence-electron chi connectivity index (χ2n) is 4.58. The van der Waals surface area contributed by atoms with Gasteiger partial charge in [0, 0.05) is 17.8 Å². The minimum Gasteiger partial charge on any atom is -0.391 e. The van der Waals surface area contributed by atoms with Crippen molar-refractivity contribution in [3.63, 3.8) is 0 Å². The van der Waals surface area contributed by atoms with E-state index in [1.807, 2.05) is 16.7 Å². The van der Waals surface area contributed by atoms with Crippen LogP contribution in [0.4, 0.5) is 0 Å². The quantitative estimate of drug-likeness (QED) is 0.775. The van der Waals surface area contributed by atoms with Crippen LogP contribution in [0, 0.1) is 0 Å². The molecule has 1 saturated heterocycles. The molecule has 0 aromatic carbocycles. The van der Waals surface area contributed by atoms with Crippen molar-refractivity contribution in [3.8, 4) is 0 Å². The number of carbonyl (C=O) groups excluding carboxylic acids is 1. The molecule has 2 aliphatic rings. The summed E-state index contributed by atoms with van der Waals surface area (Å²) < 4.78 is 0. The molecule has 1 aliphatic carbocycles. The van der Waals surface area contributed by atoms with Crippen LogP contribution in [0.2, 0.25) is 0 Å². The molecule has 2 rings (SSSR count). The Morgan fingerprint density at radius 1 is 1.47 bits per heavy atom. The Labute approximate surface area is 95.2 Å². The van der Waals surface area contributed by atoms with Gasteiger partial charge >= 0.3 is 0 Å². The van der Waals surface area contributed by atoms with E-state index in [2.05, 4.69) is 6.26 Å². The highest BCUT2D eigenvalue weighted by Gasteiger charge is 2.35. The molecule has 3 atom stereocenters. The Kier molecular flexibility index (Phi) is 3.57. The molecule has 1 amide bonds. The summed E-state index contributed by atoms with van der Waals surface area (Å²) in [6.45, 7) is 0.560. The van der Waals surface area contributed by atoms with Gasteiger partial charge in [-0.2, -0.15) is 11.8 Å². The zero-order valence-corrected chi connectivity index (χ0v) is 10.0. The van der Waals surface area contributed by atoms with Gasteiger partial charge in [0.1, 0.15) is 0 Å². The van der Waals surface area contributed by atoms with E-state index < -0.39 is 6.10 Å². The molecule has 15 heavy (non-hydrogen) atoms. The first-order valence-electron chi connectivity index (χ1n) is 5.71. The first-order valence-corrected chi connectivity index (χ1v) is 7.00. The van der Waals surface area contributed by atoms with E-state index in [0.717, 1.165) is 12.8 Å². The van der Waals surface area contributed by atoms with E-state index in [-0.39, 0.29) is 5.91 Å². The lowest BCUT2D eigenvalue weighted by Gasteiger charge is -2.34. The van der Waals surface area contributed by atoms with Crippen LogP contribution in [-0.4, -0.2) is 46.1 Å². The Morgan fingerprint density at radius 2 is 2.27 bits per heavy atom. The summed E-state index contributed by atoms with van der Waals surface area (Å²) in [5.41, 5.74) is 0. The molecule has 0 spiro atoms. The largest absolute Gasteiger partial charge is 0.391 e. The summed E-state index contributed by atoms with van der Waals surface area (Å²) in [5.74, 6) is 0.147. The lowest BCUT2D eigenvalue weighted by atomic mass is 9.94. The summed E-state index contributed by atoms with van der Waals surface area (Å²) in [7, 11) is 0. The number of β-amino-alcohol motifs (C(OH)–C–C–N with tert-alkyl or cyclic N) is 1. The van der Waals surface area contributed by atoms with Crippen molar-refractivity contribution in [2.24, 2.45) is 0 Å². The predicted molar refractivity (Wildman–Crippen MR) is 61.9 cm³/mol. The number of nitrogens with zero attached hydrogens (tertiary/aromatic N) is 1. The zero-order chi connectivity index (χ0) is 10.8. The topological polar surface area (TPSA) is 40.5 Å². The van der Waals surface area contributed by atoms with Gasteiger partial charge in [0.05, 0.1) is 12.5 Å². The van der Waals surface area contributed by atoms with Crippen LogP contribution in [0.25, 0.3) is 0 Å². The second-order valence-corrected chi connectivity index (χ2v) is 5.72. The maximum atomic E-state index is 11.6. The molecule has 1 N–H and O–H groups in total. The van der Waals surface area contributed by atoms with Gasteiger partial charge in [0.25, 0.3) is 0 Å². The highest BCUT2D eigenvalue weighted by molar-refractivity contribution is 7.99. The molecule has 1 heterocycles. The number of thioether (sulfide) groups is 1. The fourth-order valence-corrected chi connectivity index (χ4v) is 3.50. The molecule has 0 radical (unpaired) electrons. The van der Waals surface area contributed by atoms with E-state index in [1.54, 1.807) is 0 Å². The molecule has 2 fully saturated rings. The fraction of sp³-hybridized carbons (Fsp3) is 0.909. The van der Waals surface area contributed by atoms with E-state index in [4.69, 9.17) is 0 Å². The van der Waals surface area contributed by atoms with Crippen molar-refractivity contribution in [2.75, 3.05) is 12.8 Å². The van der Waals surface area contributed by atoms with E-state index in [0.29, 0.717) is 24.3 Å². The zero-order valence-electron chi connectivity index (χ0n) is 9.19. The lowest BCUT2D eigenvalue weighted by Crippen LogP contribution is -2.40. The van der Waals surface area contributed by atoms with Crippen molar-refractivity contribution in [2.45, 2.75) is 49.5 Å². The number of amides is 1. The number of hydrogen-bond donors (Lipinski definition) is 1. The highest BCUT2D eigenvalue weighted by Crippen LogP contribution is 2.31. The van der Waals surface area contributed by atoms with Gasteiger partial charge in [0.2, 0.25) is 5.91 Å². The van der Waals surface area contributed by atoms with Gasteiger partial charge < -0.3 is 10.0 Å². The van der Waals surface area contributed by atoms with Crippen molar-refractivity contribution in [1.29, 1.82) is 0 Å². The Bertz CT molecular complexity index is 247. The average molecular weight is 229 g/mol. The molecule has 0 aromatic heterocycles. The average Bonchev–Trinajstić information content (AvgIpc) is 2.58. The standard InChI is InChI=1S/C11H19NO2S/c1-15-10-4-2-3-8(5-10)12-7-9(13)6-11(12)14/h8-10,13H,2-7H2,1H3. The summed E-state index contributed by atoms with van der Waals surface area (Å²) in [5, 5.41) is 10.2. The van der Waals surface area contributed by atoms with E-state index >= 15 is 0 Å². The van der Waals surface area contributed by atoms with E-state index in [1.165, 1.54) is 12.8 Å². The minimum atomic E-state index is -0.424. The molecule has 3 unspecified atom stereocenters. The number of aliphatic hydroxyl groups is 1. The van der Waals surface area contributed by atoms with Crippen molar-refractivity contribution in [3.05, 3.63) is 0 Å². The number of hydrogen-bond acceptors (Lipinski definition) is 3. The number of aliphatic hydroxyl groups excluding tert-OH is 1. The number of rotatable bonds is 2. The van der Waals surface area contributed by atoms with Crippen LogP contribution in [0.15, 0.2) is 0 Å². The first kappa shape index (κ1) is 11.3. The lowest BCUT2D eigenvalue weighted by molar-refractivity contribution is -0.130. The smallest absolute Gasteiger partial charge is 0.225 e. The van der Waals surface area contributed by atoms with Crippen molar-refractivity contribution >= 4 is 17.7 Å². The minimum absolute atomic E-state index is 0.147. The summed E-state index contributed by atoms with van der Waals surface area (Å²) in [4.78, 5) is 13.5. The van der Waals surface area contributed by atoms with Gasteiger partial charge in [-0.25, -0.2) is 0 Å². The van der Waals surface area contributed by atoms with E-state index in [9.17, 15) is 9.90 Å². The van der Waals surface area contributed by atoms with Gasteiger partial charge in [-0.1, -0.05) is 6.42 Å². The molecule has 3 nitrogen and oxygen atoms in total. The predicted octanol–water partition coefficient (Wildman–Crippen LogP) is 1.25. The molecular formula is C11H19NO2S. The third kappa shape index (κ3) is 2.48. The van der Waals surface area contributed by atoms with Crippen LogP contribution in [-0.2, 0) is 4.79 Å². The number of likely N-dealkylation sites (tertiary alicyclic amines) is 1. The maximum Gasteiger partial charge on any atom is 0.225 e. The highest BCUT2D eigenvalue weighted by atomic mass is 32.2. The Morgan fingerprint density at radius 3 is 2.87 bits per heavy atom. The van der Waals surface area contributed by atoms with Crippen LogP contribution < -0.4 is 0 Å². The molecule has 86 valence electrons. The summed E-state index contributed by atoms with van der Waals surface area (Å²) >= 11 is 1.91. The normalized spacial score (nSPS) is 37.3. The maximum absolute atomic E-state index is 11.6. The van der Waals surface area contributed by atoms with Gasteiger partial charge in [-0.05, 0) is 25.5 Å². The van der Waals surface area contributed by atoms with Gasteiger partial charge in [0.15, 0.2) is 0 Å². The molecule has 0 aromatic rings. The molecule has 0 bridgehead atoms. The Balaban J connectivity index is 1.95. The Hall–Kier alpha value is -0.220. The molecule has 4 heteroatoms. The fourth-order valence-electron chi connectivity index (χ4n) is 2.68. The monoisotopic (exact) mass is 229 g/mol. The van der Waals surface area contributed by atoms with Crippen molar-refractivity contribution in [1.82, 2.24) is 4.90 Å². The van der Waals surface area contributed by atoms with Crippen molar-refractivity contribution < 1.29 is 9.90 Å². The molecule has 1 saturated carbocycles. The SMILES string of the molecule is CSC1CCCC(N2CC(O)CC2=O)C1. The van der Waals surface area contributed by atoms with Crippen LogP contribution in [0.1, 0.15) is 32.1 Å². The van der Waals surface area contributed by atoms with Crippen LogP contribution >= 0.6 is 11.8 Å². The van der Waals surface area contributed by atoms with Crippen LogP contribution in [0.5, 0.6) is 0 Å². The summed E-state index contributed by atoms with van der Waals surface area (Å²) in [6.07, 6.45) is 6.79. The molecular weight excluding hydrogens is 210 g/mol. The third-order valence-electron chi connectivity index (χ3n) is 3.51. The van der Waals surface area contributed by atoms with Crippen LogP contribution in [0.3, 0.4) is 0 Å². The third-order valence-corrected chi connectivity index (χ3v) is 4.61.